The van der Waals surface area contributed by atoms with Crippen LogP contribution in [0.1, 0.15) is 98.8 Å². The van der Waals surface area contributed by atoms with Crippen molar-refractivity contribution >= 4 is 21.3 Å². The molecule has 6 aliphatic carbocycles. The minimum atomic E-state index is -2.58. The molecule has 0 aliphatic heterocycles. The number of nitrogens with zero attached hydrogens (tertiary/aromatic N) is 3. The third kappa shape index (κ3) is 3.80. The van der Waals surface area contributed by atoms with Gasteiger partial charge in [0.1, 0.15) is 6.07 Å². The summed E-state index contributed by atoms with van der Waals surface area (Å²) < 4.78 is 16.8. The second kappa shape index (κ2) is 8.66. The van der Waals surface area contributed by atoms with Crippen LogP contribution in [0.15, 0.2) is 27.7 Å². The summed E-state index contributed by atoms with van der Waals surface area (Å²) in [4.78, 5) is 27.9. The quantitative estimate of drug-likeness (QED) is 0.339. The average Bonchev–Trinajstić information content (AvgIpc) is 3.66. The molecule has 0 aromatic heterocycles. The minimum Gasteiger partial charge on any atom is -0.295 e. The first-order valence-electron chi connectivity index (χ1n) is 15.6. The highest BCUT2D eigenvalue weighted by molar-refractivity contribution is 7.93. The molecule has 0 amide bonds. The Hall–Kier alpha value is -2.25. The zero-order chi connectivity index (χ0) is 29.9. The van der Waals surface area contributed by atoms with Gasteiger partial charge in [-0.05, 0) is 104 Å². The Balaban J connectivity index is 1.47. The van der Waals surface area contributed by atoms with Crippen LogP contribution in [0.3, 0.4) is 0 Å². The van der Waals surface area contributed by atoms with E-state index in [1.807, 2.05) is 26.0 Å². The lowest BCUT2D eigenvalue weighted by Crippen LogP contribution is -2.64. The van der Waals surface area contributed by atoms with E-state index < -0.39 is 20.6 Å². The molecule has 6 rings (SSSR count). The standard InChI is InChI=1S/C34H45N3O3S/c1-29(2)25-7-8-31(4)26(30(25,3)18-22(20-35)28(29)39)17-24(38)27-23-19-33(10-11-33)12-14-34(23,13-9-32(27,31)5)15-16-41(6,40)37-21-36/h17-18,23,25,27H,7-16,19H2,1-6H3/t23-,25-,27-,30-,31+,32+,34-,41?/m0/s1. The van der Waals surface area contributed by atoms with Crippen LogP contribution in [0.5, 0.6) is 0 Å². The van der Waals surface area contributed by atoms with Gasteiger partial charge in [-0.25, -0.2) is 4.21 Å². The summed E-state index contributed by atoms with van der Waals surface area (Å²) in [5, 5.41) is 19.0. The maximum absolute atomic E-state index is 14.6. The summed E-state index contributed by atoms with van der Waals surface area (Å²) >= 11 is 0. The zero-order valence-corrected chi connectivity index (χ0v) is 26.5. The van der Waals surface area contributed by atoms with Crippen LogP contribution in [0.2, 0.25) is 0 Å². The summed E-state index contributed by atoms with van der Waals surface area (Å²) in [6.45, 7) is 10.9. The number of nitriles is 2. The van der Waals surface area contributed by atoms with Crippen molar-refractivity contribution in [2.75, 3.05) is 12.0 Å². The summed E-state index contributed by atoms with van der Waals surface area (Å²) in [6, 6.07) is 2.19. The molecule has 220 valence electrons. The first kappa shape index (κ1) is 28.9. The van der Waals surface area contributed by atoms with Gasteiger partial charge < -0.3 is 0 Å². The van der Waals surface area contributed by atoms with Crippen LogP contribution in [-0.2, 0) is 19.3 Å². The fourth-order valence-corrected chi connectivity index (χ4v) is 12.2. The lowest BCUT2D eigenvalue weighted by Gasteiger charge is -2.69. The molecule has 6 aliphatic rings. The fraction of sp³-hybridized carbons (Fsp3) is 0.765. The molecule has 0 aromatic rings. The number of carbonyl (C=O) groups is 2. The molecular formula is C34H45N3O3S. The van der Waals surface area contributed by atoms with E-state index in [0.29, 0.717) is 11.2 Å². The second-order valence-electron chi connectivity index (χ2n) is 16.1. The van der Waals surface area contributed by atoms with E-state index in [1.54, 1.807) is 12.4 Å². The number of hydrogen-bond donors (Lipinski definition) is 0. The highest BCUT2D eigenvalue weighted by atomic mass is 32.2. The first-order chi connectivity index (χ1) is 19.0. The summed E-state index contributed by atoms with van der Waals surface area (Å²) in [5.41, 5.74) is 0.0342. The van der Waals surface area contributed by atoms with E-state index in [0.717, 1.165) is 50.5 Å². The molecular weight excluding hydrogens is 530 g/mol. The zero-order valence-electron chi connectivity index (χ0n) is 25.6. The Kier molecular flexibility index (Phi) is 6.09. The van der Waals surface area contributed by atoms with Gasteiger partial charge in [0.15, 0.2) is 11.6 Å². The average molecular weight is 576 g/mol. The van der Waals surface area contributed by atoms with Crippen molar-refractivity contribution in [3.05, 3.63) is 23.3 Å². The third-order valence-electron chi connectivity index (χ3n) is 13.9. The van der Waals surface area contributed by atoms with Gasteiger partial charge in [0.05, 0.1) is 15.3 Å². The Morgan fingerprint density at radius 1 is 1.00 bits per heavy atom. The van der Waals surface area contributed by atoms with E-state index in [9.17, 15) is 19.1 Å². The van der Waals surface area contributed by atoms with E-state index >= 15 is 0 Å². The van der Waals surface area contributed by atoms with Gasteiger partial charge in [-0.2, -0.15) is 10.5 Å². The molecule has 1 unspecified atom stereocenters. The number of rotatable bonds is 3. The van der Waals surface area contributed by atoms with Crippen LogP contribution in [0.25, 0.3) is 0 Å². The lowest BCUT2D eigenvalue weighted by atomic mass is 9.34. The number of ketones is 2. The molecule has 0 N–H and O–H groups in total. The minimum absolute atomic E-state index is 0.0422. The Bertz CT molecular complexity index is 1510. The highest BCUT2D eigenvalue weighted by Gasteiger charge is 2.70. The smallest absolute Gasteiger partial charge is 0.214 e. The first-order valence-corrected chi connectivity index (χ1v) is 17.6. The van der Waals surface area contributed by atoms with Crippen molar-refractivity contribution in [1.82, 2.24) is 0 Å². The van der Waals surface area contributed by atoms with Gasteiger partial charge in [0.2, 0.25) is 6.19 Å². The summed E-state index contributed by atoms with van der Waals surface area (Å²) in [7, 11) is -2.58. The van der Waals surface area contributed by atoms with E-state index in [1.165, 1.54) is 19.3 Å². The van der Waals surface area contributed by atoms with Crippen LogP contribution < -0.4 is 0 Å². The van der Waals surface area contributed by atoms with Crippen molar-refractivity contribution in [3.8, 4) is 12.3 Å². The topological polar surface area (TPSA) is 111 Å². The molecule has 4 saturated carbocycles. The van der Waals surface area contributed by atoms with Crippen LogP contribution in [-0.4, -0.2) is 27.8 Å². The normalized spacial score (nSPS) is 44.8. The summed E-state index contributed by atoms with van der Waals surface area (Å²) in [6.07, 6.45) is 17.6. The number of Topliss-reactive ketones (excluding diaryl/α,β-unsaturated/α-hetero) is 1. The Morgan fingerprint density at radius 2 is 1.66 bits per heavy atom. The Morgan fingerprint density at radius 3 is 2.29 bits per heavy atom. The second-order valence-corrected chi connectivity index (χ2v) is 18.6. The number of allylic oxidation sites excluding steroid dienone is 4. The van der Waals surface area contributed by atoms with Crippen LogP contribution in [0, 0.1) is 73.0 Å². The van der Waals surface area contributed by atoms with Crippen molar-refractivity contribution in [3.63, 3.8) is 0 Å². The summed E-state index contributed by atoms with van der Waals surface area (Å²) in [5.74, 6) is 0.728. The molecule has 0 aromatic carbocycles. The van der Waals surface area contributed by atoms with Crippen molar-refractivity contribution in [1.29, 1.82) is 10.5 Å². The largest absolute Gasteiger partial charge is 0.295 e. The molecule has 0 radical (unpaired) electrons. The highest BCUT2D eigenvalue weighted by Crippen LogP contribution is 2.76. The van der Waals surface area contributed by atoms with Gasteiger partial charge >= 0.3 is 0 Å². The maximum atomic E-state index is 14.6. The predicted octanol–water partition coefficient (Wildman–Crippen LogP) is 6.93. The predicted molar refractivity (Wildman–Crippen MR) is 158 cm³/mol. The van der Waals surface area contributed by atoms with E-state index in [-0.39, 0.29) is 51.1 Å². The van der Waals surface area contributed by atoms with Gasteiger partial charge in [0.25, 0.3) is 0 Å². The van der Waals surface area contributed by atoms with Crippen molar-refractivity contribution < 1.29 is 13.8 Å². The molecule has 7 heteroatoms. The van der Waals surface area contributed by atoms with Crippen LogP contribution in [0.4, 0.5) is 0 Å². The van der Waals surface area contributed by atoms with E-state index in [4.69, 9.17) is 5.26 Å². The molecule has 4 fully saturated rings. The van der Waals surface area contributed by atoms with Gasteiger partial charge in [-0.15, -0.1) is 4.36 Å². The maximum Gasteiger partial charge on any atom is 0.214 e. The lowest BCUT2D eigenvalue weighted by molar-refractivity contribution is -0.169. The van der Waals surface area contributed by atoms with Crippen molar-refractivity contribution in [2.24, 2.45) is 54.6 Å². The van der Waals surface area contributed by atoms with Gasteiger partial charge in [-0.1, -0.05) is 46.3 Å². The number of hydrogen-bond acceptors (Lipinski definition) is 6. The molecule has 1 spiro atoms. The van der Waals surface area contributed by atoms with Gasteiger partial charge in [0, 0.05) is 28.8 Å². The van der Waals surface area contributed by atoms with Gasteiger partial charge in [-0.3, -0.25) is 9.59 Å². The molecule has 0 heterocycles. The van der Waals surface area contributed by atoms with Crippen molar-refractivity contribution in [2.45, 2.75) is 98.8 Å². The molecule has 6 nitrogen and oxygen atoms in total. The van der Waals surface area contributed by atoms with E-state index in [2.05, 4.69) is 31.2 Å². The molecule has 41 heavy (non-hydrogen) atoms. The fourth-order valence-electron chi connectivity index (χ4n) is 11.1. The SMILES string of the molecule is CC1(C)C(=O)C(C#N)=C[C@]2(C)C3=CC(=O)[C@@H]4[C@@H]5CC6(CC6)CC[C@]5(CCS(C)(=O)=NC#N)CC[C@@]4(C)[C@]3(C)CC[C@@H]12. The molecule has 0 saturated heterocycles. The molecule has 8 atom stereocenters. The number of fused-ring (bicyclic) bond motifs is 7. The monoisotopic (exact) mass is 575 g/mol. The molecule has 0 bridgehead atoms. The Labute approximate surface area is 246 Å². The number of carbonyl (C=O) groups excluding carboxylic acids is 2. The third-order valence-corrected chi connectivity index (χ3v) is 15.4. The van der Waals surface area contributed by atoms with Crippen LogP contribution >= 0.6 is 0 Å².